The molecule has 0 atom stereocenters. The lowest BCUT2D eigenvalue weighted by Crippen LogP contribution is -2.09. The average Bonchev–Trinajstić information content (AvgIpc) is 3.04. The van der Waals surface area contributed by atoms with Crippen molar-refractivity contribution in [3.05, 3.63) is 72.8 Å². The third-order valence-corrected chi connectivity index (χ3v) is 6.34. The number of rotatable bonds is 6. The summed E-state index contributed by atoms with van der Waals surface area (Å²) in [6, 6.07) is 14.6. The Morgan fingerprint density at radius 1 is 1.08 bits per heavy atom. The van der Waals surface area contributed by atoms with Gasteiger partial charge in [-0.05, 0) is 30.3 Å². The van der Waals surface area contributed by atoms with Crippen LogP contribution in [0, 0.1) is 5.82 Å². The normalized spacial score (nSPS) is 11.5. The van der Waals surface area contributed by atoms with E-state index in [9.17, 15) is 12.8 Å². The molecule has 0 aliphatic carbocycles. The molecule has 4 nitrogen and oxygen atoms in total. The molecule has 0 bridgehead atoms. The van der Waals surface area contributed by atoms with Crippen molar-refractivity contribution in [2.45, 2.75) is 10.1 Å². The summed E-state index contributed by atoms with van der Waals surface area (Å²) in [7, 11) is -3.32. The van der Waals surface area contributed by atoms with Gasteiger partial charge in [0.25, 0.3) is 0 Å². The van der Waals surface area contributed by atoms with E-state index in [2.05, 4.69) is 4.98 Å². The molecule has 1 aromatic heterocycles. The van der Waals surface area contributed by atoms with Gasteiger partial charge in [-0.25, -0.2) is 17.8 Å². The van der Waals surface area contributed by atoms with Gasteiger partial charge in [0.2, 0.25) is 0 Å². The molecule has 0 N–H and O–H groups in total. The molecule has 124 valence electrons. The van der Waals surface area contributed by atoms with Gasteiger partial charge < -0.3 is 0 Å². The first-order valence-corrected chi connectivity index (χ1v) is 9.90. The number of benzene rings is 2. The number of aromatic nitrogens is 2. The number of sulfone groups is 1. The zero-order chi connectivity index (χ0) is 17.0. The first-order valence-electron chi connectivity index (χ1n) is 7.26. The lowest BCUT2D eigenvalue weighted by atomic mass is 10.3. The summed E-state index contributed by atoms with van der Waals surface area (Å²) >= 11 is 1.33. The van der Waals surface area contributed by atoms with Crippen LogP contribution < -0.4 is 0 Å². The second-order valence-electron chi connectivity index (χ2n) is 5.04. The number of nitrogens with zero attached hydrogens (tertiary/aromatic N) is 2. The summed E-state index contributed by atoms with van der Waals surface area (Å²) in [5, 5.41) is 0.629. The highest BCUT2D eigenvalue weighted by Crippen LogP contribution is 2.22. The van der Waals surface area contributed by atoms with Crippen molar-refractivity contribution in [1.82, 2.24) is 9.55 Å². The SMILES string of the molecule is O=S(=O)(CCSc1nccn1-c1cccc(F)c1)c1ccccc1. The van der Waals surface area contributed by atoms with Gasteiger partial charge in [-0.1, -0.05) is 36.0 Å². The molecule has 2 aromatic carbocycles. The van der Waals surface area contributed by atoms with Gasteiger partial charge in [0.15, 0.2) is 15.0 Å². The quantitative estimate of drug-likeness (QED) is 0.629. The number of halogens is 1. The van der Waals surface area contributed by atoms with Gasteiger partial charge >= 0.3 is 0 Å². The highest BCUT2D eigenvalue weighted by atomic mass is 32.2. The first-order chi connectivity index (χ1) is 11.6. The molecule has 0 saturated heterocycles. The van der Waals surface area contributed by atoms with Crippen LogP contribution in [0.5, 0.6) is 0 Å². The van der Waals surface area contributed by atoms with Gasteiger partial charge in [-0.3, -0.25) is 4.57 Å². The Morgan fingerprint density at radius 3 is 2.62 bits per heavy atom. The zero-order valence-corrected chi connectivity index (χ0v) is 14.3. The van der Waals surface area contributed by atoms with E-state index in [1.807, 2.05) is 0 Å². The number of hydrogen-bond donors (Lipinski definition) is 0. The maximum Gasteiger partial charge on any atom is 0.179 e. The Morgan fingerprint density at radius 2 is 1.88 bits per heavy atom. The van der Waals surface area contributed by atoms with E-state index in [1.54, 1.807) is 59.4 Å². The maximum absolute atomic E-state index is 13.4. The molecule has 0 aliphatic heterocycles. The lowest BCUT2D eigenvalue weighted by Gasteiger charge is -2.08. The van der Waals surface area contributed by atoms with Crippen molar-refractivity contribution in [2.24, 2.45) is 0 Å². The largest absolute Gasteiger partial charge is 0.295 e. The van der Waals surface area contributed by atoms with Crippen LogP contribution >= 0.6 is 11.8 Å². The van der Waals surface area contributed by atoms with E-state index >= 15 is 0 Å². The minimum atomic E-state index is -3.32. The van der Waals surface area contributed by atoms with E-state index in [0.29, 0.717) is 21.5 Å². The molecule has 0 spiro atoms. The van der Waals surface area contributed by atoms with Gasteiger partial charge in [-0.15, -0.1) is 0 Å². The number of thioether (sulfide) groups is 1. The predicted molar refractivity (Wildman–Crippen MR) is 92.7 cm³/mol. The van der Waals surface area contributed by atoms with Crippen LogP contribution in [0.2, 0.25) is 0 Å². The fraction of sp³-hybridized carbons (Fsp3) is 0.118. The lowest BCUT2D eigenvalue weighted by molar-refractivity contribution is 0.597. The van der Waals surface area contributed by atoms with Crippen LogP contribution in [0.1, 0.15) is 0 Å². The Hall–Kier alpha value is -2.12. The summed E-state index contributed by atoms with van der Waals surface area (Å²) < 4.78 is 39.6. The van der Waals surface area contributed by atoms with Crippen molar-refractivity contribution in [1.29, 1.82) is 0 Å². The van der Waals surface area contributed by atoms with E-state index in [4.69, 9.17) is 0 Å². The topological polar surface area (TPSA) is 52.0 Å². The Bertz CT molecular complexity index is 925. The molecule has 24 heavy (non-hydrogen) atoms. The van der Waals surface area contributed by atoms with E-state index in [-0.39, 0.29) is 11.6 Å². The summed E-state index contributed by atoms with van der Waals surface area (Å²) in [5.41, 5.74) is 0.654. The summed E-state index contributed by atoms with van der Waals surface area (Å²) in [6.07, 6.45) is 3.34. The second kappa shape index (κ2) is 7.19. The smallest absolute Gasteiger partial charge is 0.179 e. The van der Waals surface area contributed by atoms with Gasteiger partial charge in [0.05, 0.1) is 16.3 Å². The molecular formula is C17H15FN2O2S2. The molecule has 0 fully saturated rings. The molecule has 0 aliphatic rings. The van der Waals surface area contributed by atoms with Gasteiger partial charge in [-0.2, -0.15) is 0 Å². The van der Waals surface area contributed by atoms with Crippen molar-refractivity contribution in [3.63, 3.8) is 0 Å². The fourth-order valence-corrected chi connectivity index (χ4v) is 4.85. The third kappa shape index (κ3) is 3.85. The molecular weight excluding hydrogens is 347 g/mol. The summed E-state index contributed by atoms with van der Waals surface area (Å²) in [5.74, 6) is 0.0464. The van der Waals surface area contributed by atoms with E-state index in [0.717, 1.165) is 0 Å². The van der Waals surface area contributed by atoms with Gasteiger partial charge in [0.1, 0.15) is 5.82 Å². The first kappa shape index (κ1) is 16.7. The van der Waals surface area contributed by atoms with Crippen LogP contribution in [-0.4, -0.2) is 29.5 Å². The summed E-state index contributed by atoms with van der Waals surface area (Å²) in [4.78, 5) is 4.54. The highest BCUT2D eigenvalue weighted by molar-refractivity contribution is 8.00. The molecule has 0 saturated carbocycles. The predicted octanol–water partition coefficient (Wildman–Crippen LogP) is 3.58. The van der Waals surface area contributed by atoms with Crippen LogP contribution in [0.15, 0.2) is 77.0 Å². The minimum Gasteiger partial charge on any atom is -0.295 e. The molecule has 3 aromatic rings. The number of hydrogen-bond acceptors (Lipinski definition) is 4. The van der Waals surface area contributed by atoms with Crippen LogP contribution in [0.25, 0.3) is 5.69 Å². The monoisotopic (exact) mass is 362 g/mol. The molecule has 7 heteroatoms. The fourth-order valence-electron chi connectivity index (χ4n) is 2.21. The highest BCUT2D eigenvalue weighted by Gasteiger charge is 2.15. The van der Waals surface area contributed by atoms with Gasteiger partial charge in [0, 0.05) is 18.1 Å². The Balaban J connectivity index is 1.70. The maximum atomic E-state index is 13.4. The molecule has 0 radical (unpaired) electrons. The second-order valence-corrected chi connectivity index (χ2v) is 8.21. The van der Waals surface area contributed by atoms with Crippen LogP contribution in [0.3, 0.4) is 0 Å². The van der Waals surface area contributed by atoms with E-state index < -0.39 is 9.84 Å². The molecule has 0 unspecified atom stereocenters. The molecule has 3 rings (SSSR count). The van der Waals surface area contributed by atoms with Crippen molar-refractivity contribution >= 4 is 21.6 Å². The average molecular weight is 362 g/mol. The van der Waals surface area contributed by atoms with E-state index in [1.165, 1.54) is 23.9 Å². The Kier molecular flexibility index (Phi) is 5.01. The van der Waals surface area contributed by atoms with Crippen molar-refractivity contribution in [2.75, 3.05) is 11.5 Å². The van der Waals surface area contributed by atoms with Crippen molar-refractivity contribution in [3.8, 4) is 5.69 Å². The molecule has 1 heterocycles. The Labute approximate surface area is 144 Å². The minimum absolute atomic E-state index is 0.0116. The standard InChI is InChI=1S/C17H15FN2O2S2/c18-14-5-4-6-15(13-14)20-10-9-19-17(20)23-11-12-24(21,22)16-7-2-1-3-8-16/h1-10,13H,11-12H2. The van der Waals surface area contributed by atoms with Crippen molar-refractivity contribution < 1.29 is 12.8 Å². The zero-order valence-electron chi connectivity index (χ0n) is 12.7. The number of imidazole rings is 1. The van der Waals surface area contributed by atoms with Crippen LogP contribution in [-0.2, 0) is 9.84 Å². The molecule has 0 amide bonds. The summed E-state index contributed by atoms with van der Waals surface area (Å²) in [6.45, 7) is 0. The third-order valence-electron chi connectivity index (χ3n) is 3.38. The van der Waals surface area contributed by atoms with Crippen LogP contribution in [0.4, 0.5) is 4.39 Å².